The zero-order valence-corrected chi connectivity index (χ0v) is 8.14. The minimum absolute atomic E-state index is 0.00565. The lowest BCUT2D eigenvalue weighted by molar-refractivity contribution is 0.0298. The molecule has 0 aliphatic carbocycles. The van der Waals surface area contributed by atoms with Crippen LogP contribution >= 0.6 is 0 Å². The summed E-state index contributed by atoms with van der Waals surface area (Å²) in [5, 5.41) is 4.07. The predicted molar refractivity (Wildman–Crippen MR) is 49.9 cm³/mol. The Morgan fingerprint density at radius 1 is 1.50 bits per heavy atom. The van der Waals surface area contributed by atoms with Crippen LogP contribution in [0.5, 0.6) is 0 Å². The summed E-state index contributed by atoms with van der Waals surface area (Å²) in [4.78, 5) is 13.6. The van der Waals surface area contributed by atoms with E-state index < -0.39 is 0 Å². The molecule has 76 valence electrons. The van der Waals surface area contributed by atoms with Crippen molar-refractivity contribution >= 4 is 5.91 Å². The van der Waals surface area contributed by atoms with Crippen molar-refractivity contribution in [3.05, 3.63) is 18.0 Å². The van der Waals surface area contributed by atoms with Crippen molar-refractivity contribution in [2.45, 2.75) is 0 Å². The van der Waals surface area contributed by atoms with Gasteiger partial charge in [-0.15, -0.1) is 0 Å². The second-order valence-corrected chi connectivity index (χ2v) is 3.28. The zero-order valence-electron chi connectivity index (χ0n) is 8.14. The number of morpholine rings is 1. The average Bonchev–Trinajstić information content (AvgIpc) is 2.65. The molecule has 5 heteroatoms. The smallest absolute Gasteiger partial charge is 0.274 e. The van der Waals surface area contributed by atoms with E-state index in [9.17, 15) is 4.79 Å². The van der Waals surface area contributed by atoms with Crippen LogP contribution in [0.4, 0.5) is 0 Å². The molecule has 1 aromatic rings. The maximum Gasteiger partial charge on any atom is 0.274 e. The molecule has 1 amide bonds. The highest BCUT2D eigenvalue weighted by molar-refractivity contribution is 5.92. The minimum atomic E-state index is -0.00565. The lowest BCUT2D eigenvalue weighted by Gasteiger charge is -2.25. The molecule has 14 heavy (non-hydrogen) atoms. The molecule has 2 rings (SSSR count). The average molecular weight is 195 g/mol. The summed E-state index contributed by atoms with van der Waals surface area (Å²) in [6.45, 7) is 2.57. The molecule has 0 unspecified atom stereocenters. The van der Waals surface area contributed by atoms with Gasteiger partial charge in [0.1, 0.15) is 5.69 Å². The Morgan fingerprint density at radius 3 is 2.79 bits per heavy atom. The fourth-order valence-corrected chi connectivity index (χ4v) is 1.46. The van der Waals surface area contributed by atoms with E-state index in [-0.39, 0.29) is 5.91 Å². The Hall–Kier alpha value is -1.36. The molecular formula is C9H13N3O2. The van der Waals surface area contributed by atoms with Gasteiger partial charge in [-0.2, -0.15) is 5.10 Å². The summed E-state index contributed by atoms with van der Waals surface area (Å²) >= 11 is 0. The van der Waals surface area contributed by atoms with Crippen LogP contribution in [0.3, 0.4) is 0 Å². The maximum absolute atomic E-state index is 11.8. The zero-order chi connectivity index (χ0) is 9.97. The van der Waals surface area contributed by atoms with Gasteiger partial charge < -0.3 is 9.64 Å². The van der Waals surface area contributed by atoms with E-state index in [2.05, 4.69) is 5.10 Å². The highest BCUT2D eigenvalue weighted by atomic mass is 16.5. The number of nitrogens with zero attached hydrogens (tertiary/aromatic N) is 3. The third kappa shape index (κ3) is 1.77. The topological polar surface area (TPSA) is 47.4 Å². The van der Waals surface area contributed by atoms with Crippen molar-refractivity contribution in [2.24, 2.45) is 7.05 Å². The number of amides is 1. The molecule has 5 nitrogen and oxygen atoms in total. The summed E-state index contributed by atoms with van der Waals surface area (Å²) in [5.41, 5.74) is 0.509. The lowest BCUT2D eigenvalue weighted by atomic mass is 10.3. The van der Waals surface area contributed by atoms with E-state index in [0.29, 0.717) is 32.0 Å². The minimum Gasteiger partial charge on any atom is -0.378 e. The summed E-state index contributed by atoms with van der Waals surface area (Å²) in [5.74, 6) is -0.00565. The van der Waals surface area contributed by atoms with E-state index >= 15 is 0 Å². The fourth-order valence-electron chi connectivity index (χ4n) is 1.46. The molecule has 0 atom stereocenters. The molecule has 1 fully saturated rings. The summed E-state index contributed by atoms with van der Waals surface area (Å²) in [7, 11) is 1.80. The standard InChI is InChI=1S/C9H13N3O2/c1-11-3-2-8(10-11)9(13)12-4-6-14-7-5-12/h2-3H,4-7H2,1H3. The first-order chi connectivity index (χ1) is 6.77. The van der Waals surface area contributed by atoms with Crippen LogP contribution in [-0.4, -0.2) is 46.9 Å². The lowest BCUT2D eigenvalue weighted by Crippen LogP contribution is -2.40. The van der Waals surface area contributed by atoms with Crippen LogP contribution in [0.25, 0.3) is 0 Å². The Labute approximate surface area is 82.3 Å². The van der Waals surface area contributed by atoms with E-state index in [4.69, 9.17) is 4.74 Å². The van der Waals surface area contributed by atoms with Crippen LogP contribution in [0.1, 0.15) is 10.5 Å². The SMILES string of the molecule is Cn1ccc(C(=O)N2CCOCC2)n1. The van der Waals surface area contributed by atoms with E-state index in [1.165, 1.54) is 0 Å². The van der Waals surface area contributed by atoms with Gasteiger partial charge in [0.15, 0.2) is 0 Å². The van der Waals surface area contributed by atoms with E-state index in [0.717, 1.165) is 0 Å². The maximum atomic E-state index is 11.8. The van der Waals surface area contributed by atoms with Gasteiger partial charge >= 0.3 is 0 Å². The van der Waals surface area contributed by atoms with Crippen LogP contribution in [-0.2, 0) is 11.8 Å². The molecule has 0 radical (unpaired) electrons. The number of aromatic nitrogens is 2. The van der Waals surface area contributed by atoms with Crippen LogP contribution in [0, 0.1) is 0 Å². The Bertz CT molecular complexity index is 329. The van der Waals surface area contributed by atoms with Gasteiger partial charge in [0.25, 0.3) is 5.91 Å². The van der Waals surface area contributed by atoms with Crippen molar-refractivity contribution in [3.8, 4) is 0 Å². The monoisotopic (exact) mass is 195 g/mol. The van der Waals surface area contributed by atoms with Gasteiger partial charge in [0.2, 0.25) is 0 Å². The van der Waals surface area contributed by atoms with Crippen LogP contribution in [0.2, 0.25) is 0 Å². The number of hydrogen-bond acceptors (Lipinski definition) is 3. The third-order valence-corrected chi connectivity index (χ3v) is 2.23. The molecule has 1 aliphatic heterocycles. The largest absolute Gasteiger partial charge is 0.378 e. The second-order valence-electron chi connectivity index (χ2n) is 3.28. The highest BCUT2D eigenvalue weighted by Crippen LogP contribution is 2.04. The molecule has 1 saturated heterocycles. The molecule has 1 aromatic heterocycles. The molecule has 1 aliphatic rings. The first kappa shape index (κ1) is 9.21. The first-order valence-corrected chi connectivity index (χ1v) is 4.64. The normalized spacial score (nSPS) is 17.1. The van der Waals surface area contributed by atoms with Gasteiger partial charge in [-0.1, -0.05) is 0 Å². The van der Waals surface area contributed by atoms with Crippen molar-refractivity contribution in [1.82, 2.24) is 14.7 Å². The fraction of sp³-hybridized carbons (Fsp3) is 0.556. The number of carbonyl (C=O) groups excluding carboxylic acids is 1. The number of rotatable bonds is 1. The Balaban J connectivity index is 2.07. The molecule has 0 saturated carbocycles. The van der Waals surface area contributed by atoms with Gasteiger partial charge in [-0.3, -0.25) is 9.48 Å². The van der Waals surface area contributed by atoms with Crippen molar-refractivity contribution in [3.63, 3.8) is 0 Å². The first-order valence-electron chi connectivity index (χ1n) is 4.64. The number of aryl methyl sites for hydroxylation is 1. The van der Waals surface area contributed by atoms with Crippen molar-refractivity contribution < 1.29 is 9.53 Å². The van der Waals surface area contributed by atoms with Gasteiger partial charge in [-0.25, -0.2) is 0 Å². The number of hydrogen-bond donors (Lipinski definition) is 0. The summed E-state index contributed by atoms with van der Waals surface area (Å²) in [6.07, 6.45) is 1.77. The second kappa shape index (κ2) is 3.79. The molecule has 0 aromatic carbocycles. The van der Waals surface area contributed by atoms with E-state index in [1.807, 2.05) is 0 Å². The van der Waals surface area contributed by atoms with Gasteiger partial charge in [0.05, 0.1) is 13.2 Å². The van der Waals surface area contributed by atoms with Crippen molar-refractivity contribution in [1.29, 1.82) is 0 Å². The van der Waals surface area contributed by atoms with E-state index in [1.54, 1.807) is 28.9 Å². The molecule has 0 spiro atoms. The Kier molecular flexibility index (Phi) is 2.49. The summed E-state index contributed by atoms with van der Waals surface area (Å²) in [6, 6.07) is 1.73. The van der Waals surface area contributed by atoms with Crippen LogP contribution in [0.15, 0.2) is 12.3 Å². The quantitative estimate of drug-likeness (QED) is 0.628. The molecule has 0 N–H and O–H groups in total. The molecular weight excluding hydrogens is 182 g/mol. The van der Waals surface area contributed by atoms with Gasteiger partial charge in [-0.05, 0) is 6.07 Å². The van der Waals surface area contributed by atoms with Crippen molar-refractivity contribution in [2.75, 3.05) is 26.3 Å². The third-order valence-electron chi connectivity index (χ3n) is 2.23. The molecule has 2 heterocycles. The predicted octanol–water partition coefficient (Wildman–Crippen LogP) is -0.108. The number of ether oxygens (including phenoxy) is 1. The molecule has 0 bridgehead atoms. The van der Waals surface area contributed by atoms with Gasteiger partial charge in [0, 0.05) is 26.3 Å². The van der Waals surface area contributed by atoms with Crippen LogP contribution < -0.4 is 0 Å². The number of carbonyl (C=O) groups is 1. The highest BCUT2D eigenvalue weighted by Gasteiger charge is 2.19. The Morgan fingerprint density at radius 2 is 2.21 bits per heavy atom. The summed E-state index contributed by atoms with van der Waals surface area (Å²) < 4.78 is 6.80.